The summed E-state index contributed by atoms with van der Waals surface area (Å²) >= 11 is 0. The number of hydrogen-bond donors (Lipinski definition) is 1. The average Bonchev–Trinajstić information content (AvgIpc) is 2.84. The second-order valence-electron chi connectivity index (χ2n) is 5.09. The van der Waals surface area contributed by atoms with Crippen LogP contribution in [0.2, 0.25) is 0 Å². The van der Waals surface area contributed by atoms with Crippen LogP contribution in [0.4, 0.5) is 5.69 Å². The summed E-state index contributed by atoms with van der Waals surface area (Å²) in [5, 5.41) is 3.36. The minimum Gasteiger partial charge on any atom is -0.464 e. The summed E-state index contributed by atoms with van der Waals surface area (Å²) in [5.41, 5.74) is 2.16. The van der Waals surface area contributed by atoms with Gasteiger partial charge in [0, 0.05) is 13.1 Å². The van der Waals surface area contributed by atoms with Gasteiger partial charge in [-0.05, 0) is 44.7 Å². The quantitative estimate of drug-likeness (QED) is 0.877. The summed E-state index contributed by atoms with van der Waals surface area (Å²) < 4.78 is 5.60. The fourth-order valence-electron chi connectivity index (χ4n) is 2.19. The van der Waals surface area contributed by atoms with E-state index < -0.39 is 0 Å². The molecule has 1 atom stereocenters. The number of aryl methyl sites for hydroxylation is 1. The van der Waals surface area contributed by atoms with Gasteiger partial charge in [0.15, 0.2) is 0 Å². The van der Waals surface area contributed by atoms with Crippen molar-refractivity contribution in [3.8, 4) is 0 Å². The van der Waals surface area contributed by atoms with Crippen LogP contribution in [0, 0.1) is 6.92 Å². The number of rotatable bonds is 6. The Labute approximate surface area is 120 Å². The molecule has 0 bridgehead atoms. The standard InChI is InChI=1S/C16H23N3O/c1-5-17-13(3)16-9-7-14(10-18-16)19(4)11-15-8-6-12(2)20-15/h6-10,13,17H,5,11H2,1-4H3. The summed E-state index contributed by atoms with van der Waals surface area (Å²) in [6, 6.07) is 8.47. The molecule has 0 fully saturated rings. The van der Waals surface area contributed by atoms with Gasteiger partial charge in [-0.3, -0.25) is 4.98 Å². The van der Waals surface area contributed by atoms with Crippen molar-refractivity contribution >= 4 is 5.69 Å². The molecule has 0 aromatic carbocycles. The summed E-state index contributed by atoms with van der Waals surface area (Å²) in [5.74, 6) is 1.91. The average molecular weight is 273 g/mol. The van der Waals surface area contributed by atoms with E-state index in [1.165, 1.54) is 0 Å². The molecule has 0 saturated carbocycles. The zero-order chi connectivity index (χ0) is 14.5. The minimum absolute atomic E-state index is 0.284. The van der Waals surface area contributed by atoms with Crippen molar-refractivity contribution < 1.29 is 4.42 Å². The lowest BCUT2D eigenvalue weighted by molar-refractivity contribution is 0.481. The van der Waals surface area contributed by atoms with Crippen LogP contribution in [0.5, 0.6) is 0 Å². The lowest BCUT2D eigenvalue weighted by atomic mass is 10.2. The van der Waals surface area contributed by atoms with Gasteiger partial charge in [-0.1, -0.05) is 6.92 Å². The maximum absolute atomic E-state index is 5.60. The van der Waals surface area contributed by atoms with Crippen molar-refractivity contribution in [3.63, 3.8) is 0 Å². The molecule has 4 heteroatoms. The van der Waals surface area contributed by atoms with Crippen LogP contribution >= 0.6 is 0 Å². The lowest BCUT2D eigenvalue weighted by Crippen LogP contribution is -2.20. The van der Waals surface area contributed by atoms with E-state index in [0.717, 1.165) is 36.0 Å². The molecule has 0 aliphatic rings. The number of aromatic nitrogens is 1. The fraction of sp³-hybridized carbons (Fsp3) is 0.438. The van der Waals surface area contributed by atoms with Crippen molar-refractivity contribution in [2.75, 3.05) is 18.5 Å². The van der Waals surface area contributed by atoms with E-state index in [-0.39, 0.29) is 6.04 Å². The van der Waals surface area contributed by atoms with Crippen LogP contribution in [0.25, 0.3) is 0 Å². The molecule has 0 saturated heterocycles. The zero-order valence-corrected chi connectivity index (χ0v) is 12.7. The molecule has 0 spiro atoms. The highest BCUT2D eigenvalue weighted by molar-refractivity contribution is 5.44. The van der Waals surface area contributed by atoms with Crippen molar-refractivity contribution in [1.82, 2.24) is 10.3 Å². The molecule has 0 aliphatic carbocycles. The summed E-state index contributed by atoms with van der Waals surface area (Å²) in [6.45, 7) is 7.88. The van der Waals surface area contributed by atoms with Gasteiger partial charge < -0.3 is 14.6 Å². The second-order valence-corrected chi connectivity index (χ2v) is 5.09. The van der Waals surface area contributed by atoms with Gasteiger partial charge >= 0.3 is 0 Å². The van der Waals surface area contributed by atoms with Crippen LogP contribution < -0.4 is 10.2 Å². The molecule has 2 aromatic heterocycles. The Kier molecular flexibility index (Phi) is 4.79. The van der Waals surface area contributed by atoms with Gasteiger partial charge in [-0.25, -0.2) is 0 Å². The largest absolute Gasteiger partial charge is 0.464 e. The Balaban J connectivity index is 2.01. The van der Waals surface area contributed by atoms with Gasteiger partial charge in [0.1, 0.15) is 11.5 Å². The van der Waals surface area contributed by atoms with Gasteiger partial charge in [-0.15, -0.1) is 0 Å². The van der Waals surface area contributed by atoms with Crippen molar-refractivity contribution in [3.05, 3.63) is 47.7 Å². The third kappa shape index (κ3) is 3.61. The molecule has 0 radical (unpaired) electrons. The topological polar surface area (TPSA) is 41.3 Å². The first-order valence-corrected chi connectivity index (χ1v) is 7.06. The fourth-order valence-corrected chi connectivity index (χ4v) is 2.19. The van der Waals surface area contributed by atoms with E-state index >= 15 is 0 Å². The van der Waals surface area contributed by atoms with Crippen molar-refractivity contribution in [2.45, 2.75) is 33.4 Å². The monoisotopic (exact) mass is 273 g/mol. The molecule has 2 aromatic rings. The highest BCUT2D eigenvalue weighted by Crippen LogP contribution is 2.18. The Bertz CT molecular complexity index is 533. The zero-order valence-electron chi connectivity index (χ0n) is 12.7. The SMILES string of the molecule is CCNC(C)c1ccc(N(C)Cc2ccc(C)o2)cn1. The Morgan fingerprint density at radius 2 is 2.10 bits per heavy atom. The van der Waals surface area contributed by atoms with Gasteiger partial charge in [0.2, 0.25) is 0 Å². The first-order valence-electron chi connectivity index (χ1n) is 7.06. The normalized spacial score (nSPS) is 12.4. The molecule has 2 rings (SSSR count). The third-order valence-corrected chi connectivity index (χ3v) is 3.35. The molecule has 4 nitrogen and oxygen atoms in total. The van der Waals surface area contributed by atoms with Gasteiger partial charge in [0.05, 0.1) is 24.1 Å². The Hall–Kier alpha value is -1.81. The van der Waals surface area contributed by atoms with E-state index in [2.05, 4.69) is 41.2 Å². The minimum atomic E-state index is 0.284. The molecule has 0 aliphatic heterocycles. The predicted octanol–water partition coefficient (Wildman–Crippen LogP) is 3.29. The molecule has 1 N–H and O–H groups in total. The number of hydrogen-bond acceptors (Lipinski definition) is 4. The highest BCUT2D eigenvalue weighted by Gasteiger charge is 2.08. The highest BCUT2D eigenvalue weighted by atomic mass is 16.3. The lowest BCUT2D eigenvalue weighted by Gasteiger charge is -2.19. The first kappa shape index (κ1) is 14.6. The second kappa shape index (κ2) is 6.57. The third-order valence-electron chi connectivity index (χ3n) is 3.35. The Morgan fingerprint density at radius 1 is 1.30 bits per heavy atom. The van der Waals surface area contributed by atoms with E-state index in [1.807, 2.05) is 32.3 Å². The van der Waals surface area contributed by atoms with E-state index in [0.29, 0.717) is 0 Å². The molecule has 20 heavy (non-hydrogen) atoms. The maximum atomic E-state index is 5.60. The number of nitrogens with one attached hydrogen (secondary N) is 1. The molecule has 108 valence electrons. The number of pyridine rings is 1. The number of nitrogens with zero attached hydrogens (tertiary/aromatic N) is 2. The summed E-state index contributed by atoms with van der Waals surface area (Å²) in [4.78, 5) is 6.66. The summed E-state index contributed by atoms with van der Waals surface area (Å²) in [7, 11) is 2.04. The van der Waals surface area contributed by atoms with E-state index in [1.54, 1.807) is 0 Å². The maximum Gasteiger partial charge on any atom is 0.123 e. The first-order chi connectivity index (χ1) is 9.60. The smallest absolute Gasteiger partial charge is 0.123 e. The number of furan rings is 1. The van der Waals surface area contributed by atoms with Gasteiger partial charge in [-0.2, -0.15) is 0 Å². The summed E-state index contributed by atoms with van der Waals surface area (Å²) in [6.07, 6.45) is 1.92. The van der Waals surface area contributed by atoms with Crippen LogP contribution in [0.15, 0.2) is 34.9 Å². The van der Waals surface area contributed by atoms with Crippen LogP contribution in [0.1, 0.15) is 37.1 Å². The van der Waals surface area contributed by atoms with Crippen molar-refractivity contribution in [2.24, 2.45) is 0 Å². The molecular formula is C16H23N3O. The molecule has 0 amide bonds. The molecular weight excluding hydrogens is 250 g/mol. The van der Waals surface area contributed by atoms with Crippen LogP contribution in [-0.2, 0) is 6.54 Å². The molecule has 1 unspecified atom stereocenters. The van der Waals surface area contributed by atoms with Crippen LogP contribution in [0.3, 0.4) is 0 Å². The van der Waals surface area contributed by atoms with E-state index in [9.17, 15) is 0 Å². The predicted molar refractivity (Wildman–Crippen MR) is 81.9 cm³/mol. The van der Waals surface area contributed by atoms with E-state index in [4.69, 9.17) is 4.42 Å². The van der Waals surface area contributed by atoms with Gasteiger partial charge in [0.25, 0.3) is 0 Å². The Morgan fingerprint density at radius 3 is 2.65 bits per heavy atom. The van der Waals surface area contributed by atoms with Crippen molar-refractivity contribution in [1.29, 1.82) is 0 Å². The molecule has 2 heterocycles. The van der Waals surface area contributed by atoms with Crippen LogP contribution in [-0.4, -0.2) is 18.6 Å². The number of anilines is 1.